The molecule has 13 heteroatoms. The number of nitrogens with one attached hydrogen (secondary N) is 6. The lowest BCUT2D eigenvalue weighted by molar-refractivity contribution is -0.129. The number of amides is 6. The average molecular weight is 763 g/mol. The highest BCUT2D eigenvalue weighted by Gasteiger charge is 2.18. The number of carbonyl (C=O) groups is 6. The van der Waals surface area contributed by atoms with Crippen molar-refractivity contribution >= 4 is 69.2 Å². The molecule has 5 aromatic rings. The van der Waals surface area contributed by atoms with E-state index in [1.807, 2.05) is 66.7 Å². The number of hydrogen-bond donors (Lipinski definition) is 6. The number of para-hydroxylation sites is 2. The first-order chi connectivity index (χ1) is 26.5. The molecule has 0 aliphatic heterocycles. The molecule has 2 atom stereocenters. The van der Waals surface area contributed by atoms with Crippen LogP contribution in [0, 0.1) is 0 Å². The molecule has 0 heterocycles. The number of fused-ring (bicyclic) bond motifs is 1. The second-order valence-corrected chi connectivity index (χ2v) is 12.8. The van der Waals surface area contributed by atoms with Crippen molar-refractivity contribution in [3.63, 3.8) is 0 Å². The van der Waals surface area contributed by atoms with Gasteiger partial charge in [0.1, 0.15) is 12.1 Å². The van der Waals surface area contributed by atoms with E-state index < -0.39 is 23.9 Å². The monoisotopic (exact) mass is 762 g/mol. The molecular formula is C42H43ClN6O6. The molecule has 0 radical (unpaired) electrons. The summed E-state index contributed by atoms with van der Waals surface area (Å²) in [5.41, 5.74) is 2.88. The van der Waals surface area contributed by atoms with Gasteiger partial charge in [-0.3, -0.25) is 28.8 Å². The first-order valence-electron chi connectivity index (χ1n) is 17.5. The van der Waals surface area contributed by atoms with Crippen LogP contribution < -0.4 is 31.9 Å². The highest BCUT2D eigenvalue weighted by Crippen LogP contribution is 2.19. The second kappa shape index (κ2) is 21.2. The van der Waals surface area contributed by atoms with Gasteiger partial charge in [0.15, 0.2) is 0 Å². The van der Waals surface area contributed by atoms with Crippen molar-refractivity contribution in [2.75, 3.05) is 23.7 Å². The molecular weight excluding hydrogens is 720 g/mol. The van der Waals surface area contributed by atoms with Crippen LogP contribution >= 0.6 is 11.6 Å². The molecule has 6 amide bonds. The Kier molecular flexibility index (Phi) is 15.9. The second-order valence-electron chi connectivity index (χ2n) is 12.4. The van der Waals surface area contributed by atoms with Crippen molar-refractivity contribution in [2.24, 2.45) is 0 Å². The number of anilines is 2. The Bertz CT molecular complexity index is 2090. The van der Waals surface area contributed by atoms with Gasteiger partial charge in [-0.1, -0.05) is 109 Å². The van der Waals surface area contributed by atoms with Gasteiger partial charge in [0.05, 0.1) is 25.9 Å². The lowest BCUT2D eigenvalue weighted by Crippen LogP contribution is -2.47. The summed E-state index contributed by atoms with van der Waals surface area (Å²) >= 11 is 6.01. The largest absolute Gasteiger partial charge is 0.345 e. The molecule has 0 aliphatic rings. The maximum absolute atomic E-state index is 12.4. The van der Waals surface area contributed by atoms with E-state index in [1.165, 1.54) is 0 Å². The summed E-state index contributed by atoms with van der Waals surface area (Å²) < 4.78 is 0. The van der Waals surface area contributed by atoms with Crippen LogP contribution in [0.1, 0.15) is 25.0 Å². The maximum atomic E-state index is 12.4. The summed E-state index contributed by atoms with van der Waals surface area (Å²) in [5.74, 6) is -2.12. The van der Waals surface area contributed by atoms with Gasteiger partial charge in [-0.05, 0) is 66.1 Å². The molecule has 0 aromatic heterocycles. The zero-order valence-electron chi connectivity index (χ0n) is 30.4. The highest BCUT2D eigenvalue weighted by molar-refractivity contribution is 6.31. The van der Waals surface area contributed by atoms with Crippen LogP contribution in [0.5, 0.6) is 0 Å². The smallest absolute Gasteiger partial charge is 0.243 e. The maximum Gasteiger partial charge on any atom is 0.243 e. The summed E-state index contributed by atoms with van der Waals surface area (Å²) in [5, 5.41) is 18.2. The van der Waals surface area contributed by atoms with Crippen molar-refractivity contribution in [3.8, 4) is 0 Å². The van der Waals surface area contributed by atoms with Crippen LogP contribution in [0.4, 0.5) is 11.4 Å². The zero-order chi connectivity index (χ0) is 39.6. The summed E-state index contributed by atoms with van der Waals surface area (Å²) in [6.07, 6.45) is 0.249. The Morgan fingerprint density at radius 2 is 0.909 bits per heavy atom. The quantitative estimate of drug-likeness (QED) is 0.0950. The Hall–Kier alpha value is -6.53. The standard InChI is InChI=1S/C23H23N3O3.C19H20ClN3O3/c1-16(23(29)24-15-22(28)26-19-11-3-2-4-12-19)25-21(27)14-18-10-7-9-17-8-5-6-13-20(17)18;1-13(22-17(24)11-14-7-5-6-10-16(14)20)19(26)21-12-18(25)23-15-8-3-2-4-9-15/h2-13,16H,14-15H2,1H3,(H,24,29)(H,25,27)(H,26,28);2-10,13H,11-12H2,1H3,(H,21,26)(H,22,24)(H,23,25)/t16-;13-/m00/s1. The molecule has 6 N–H and O–H groups in total. The molecule has 0 saturated heterocycles. The Balaban J connectivity index is 0.000000246. The first kappa shape index (κ1) is 41.2. The predicted octanol–water partition coefficient (Wildman–Crippen LogP) is 4.78. The highest BCUT2D eigenvalue weighted by atomic mass is 35.5. The molecule has 0 unspecified atom stereocenters. The molecule has 0 fully saturated rings. The summed E-state index contributed by atoms with van der Waals surface area (Å²) in [4.78, 5) is 72.4. The number of carbonyl (C=O) groups excluding carboxylic acids is 6. The van der Waals surface area contributed by atoms with E-state index in [9.17, 15) is 28.8 Å². The van der Waals surface area contributed by atoms with Gasteiger partial charge in [-0.25, -0.2) is 0 Å². The first-order valence-corrected chi connectivity index (χ1v) is 17.9. The minimum Gasteiger partial charge on any atom is -0.345 e. The van der Waals surface area contributed by atoms with Crippen molar-refractivity contribution in [3.05, 3.63) is 144 Å². The van der Waals surface area contributed by atoms with Gasteiger partial charge in [-0.2, -0.15) is 0 Å². The van der Waals surface area contributed by atoms with Crippen LogP contribution in [-0.2, 0) is 41.6 Å². The molecule has 0 bridgehead atoms. The molecule has 0 aliphatic carbocycles. The fraction of sp³-hybridized carbons (Fsp3) is 0.190. The topological polar surface area (TPSA) is 175 Å². The fourth-order valence-corrected chi connectivity index (χ4v) is 5.45. The molecule has 5 rings (SSSR count). The normalized spacial score (nSPS) is 11.4. The van der Waals surface area contributed by atoms with Crippen molar-refractivity contribution < 1.29 is 28.8 Å². The molecule has 284 valence electrons. The number of rotatable bonds is 14. The van der Waals surface area contributed by atoms with E-state index in [2.05, 4.69) is 31.9 Å². The van der Waals surface area contributed by atoms with E-state index in [0.717, 1.165) is 16.3 Å². The van der Waals surface area contributed by atoms with E-state index >= 15 is 0 Å². The molecule has 0 spiro atoms. The third-order valence-electron chi connectivity index (χ3n) is 8.04. The van der Waals surface area contributed by atoms with Crippen molar-refractivity contribution in [2.45, 2.75) is 38.8 Å². The lowest BCUT2D eigenvalue weighted by atomic mass is 10.0. The Morgan fingerprint density at radius 1 is 0.491 bits per heavy atom. The number of halogens is 1. The average Bonchev–Trinajstić information content (AvgIpc) is 3.18. The third kappa shape index (κ3) is 14.1. The minimum atomic E-state index is -0.769. The van der Waals surface area contributed by atoms with Gasteiger partial charge < -0.3 is 31.9 Å². The molecule has 55 heavy (non-hydrogen) atoms. The van der Waals surface area contributed by atoms with Gasteiger partial charge in [0.25, 0.3) is 0 Å². The SMILES string of the molecule is C[C@H](NC(=O)Cc1cccc2ccccc12)C(=O)NCC(=O)Nc1ccccc1.C[C@H](NC(=O)Cc1ccccc1Cl)C(=O)NCC(=O)Nc1ccccc1. The van der Waals surface area contributed by atoms with Crippen molar-refractivity contribution in [1.82, 2.24) is 21.3 Å². The van der Waals surface area contributed by atoms with Crippen LogP contribution in [0.15, 0.2) is 127 Å². The van der Waals surface area contributed by atoms with Gasteiger partial charge in [-0.15, -0.1) is 0 Å². The zero-order valence-corrected chi connectivity index (χ0v) is 31.2. The molecule has 5 aromatic carbocycles. The lowest BCUT2D eigenvalue weighted by Gasteiger charge is -2.15. The third-order valence-corrected chi connectivity index (χ3v) is 8.41. The van der Waals surface area contributed by atoms with E-state index in [0.29, 0.717) is 22.0 Å². The number of benzene rings is 5. The number of hydrogen-bond acceptors (Lipinski definition) is 6. The fourth-order valence-electron chi connectivity index (χ4n) is 5.24. The van der Waals surface area contributed by atoms with Crippen LogP contribution in [0.3, 0.4) is 0 Å². The predicted molar refractivity (Wildman–Crippen MR) is 214 cm³/mol. The van der Waals surface area contributed by atoms with Gasteiger partial charge in [0.2, 0.25) is 35.4 Å². The van der Waals surface area contributed by atoms with E-state index in [1.54, 1.807) is 74.5 Å². The van der Waals surface area contributed by atoms with Gasteiger partial charge in [0, 0.05) is 16.4 Å². The van der Waals surface area contributed by atoms with Crippen LogP contribution in [0.2, 0.25) is 5.02 Å². The minimum absolute atomic E-state index is 0.0752. The van der Waals surface area contributed by atoms with Crippen LogP contribution in [0.25, 0.3) is 10.8 Å². The van der Waals surface area contributed by atoms with Gasteiger partial charge >= 0.3 is 0 Å². The summed E-state index contributed by atoms with van der Waals surface area (Å²) in [6, 6.07) is 37.1. The Labute approximate surface area is 324 Å². The van der Waals surface area contributed by atoms with Crippen LogP contribution in [-0.4, -0.2) is 60.6 Å². The van der Waals surface area contributed by atoms with E-state index in [4.69, 9.17) is 11.6 Å². The molecule has 0 saturated carbocycles. The molecule has 12 nitrogen and oxygen atoms in total. The van der Waals surface area contributed by atoms with Crippen molar-refractivity contribution in [1.29, 1.82) is 0 Å². The van der Waals surface area contributed by atoms with E-state index in [-0.39, 0.29) is 49.6 Å². The summed E-state index contributed by atoms with van der Waals surface area (Å²) in [6.45, 7) is 2.79. The summed E-state index contributed by atoms with van der Waals surface area (Å²) in [7, 11) is 0. The Morgan fingerprint density at radius 3 is 1.44 bits per heavy atom.